The van der Waals surface area contributed by atoms with Crippen molar-refractivity contribution in [3.05, 3.63) is 12.2 Å². The van der Waals surface area contributed by atoms with Crippen molar-refractivity contribution in [2.24, 2.45) is 0 Å². The Morgan fingerprint density at radius 2 is 1.87 bits per heavy atom. The van der Waals surface area contributed by atoms with E-state index in [1.165, 1.54) is 7.05 Å². The molecule has 0 radical (unpaired) electrons. The van der Waals surface area contributed by atoms with E-state index in [1.807, 2.05) is 0 Å². The standard InChI is InChI=1S/C8H13NO5S/c1-9(5-6-15(2,13)14)7(10)3-4-8(11)12/h3-4H,5-6H2,1-2H3,(H,11,12). The van der Waals surface area contributed by atoms with Gasteiger partial charge in [-0.2, -0.15) is 0 Å². The summed E-state index contributed by atoms with van der Waals surface area (Å²) >= 11 is 0. The number of carbonyl (C=O) groups is 2. The average Bonchev–Trinajstić information content (AvgIpc) is 2.08. The first-order valence-electron chi connectivity index (χ1n) is 4.06. The average molecular weight is 235 g/mol. The number of aliphatic carboxylic acids is 1. The first kappa shape index (κ1) is 13.6. The van der Waals surface area contributed by atoms with Gasteiger partial charge in [-0.1, -0.05) is 0 Å². The molecule has 0 spiro atoms. The summed E-state index contributed by atoms with van der Waals surface area (Å²) in [5.74, 6) is -1.91. The number of rotatable bonds is 5. The van der Waals surface area contributed by atoms with Gasteiger partial charge in [0.2, 0.25) is 5.91 Å². The Hall–Kier alpha value is -1.37. The lowest BCUT2D eigenvalue weighted by atomic mass is 10.4. The third-order valence-electron chi connectivity index (χ3n) is 1.54. The van der Waals surface area contributed by atoms with E-state index in [2.05, 4.69) is 0 Å². The summed E-state index contributed by atoms with van der Waals surface area (Å²) in [7, 11) is -1.72. The predicted molar refractivity (Wildman–Crippen MR) is 54.1 cm³/mol. The fraction of sp³-hybridized carbons (Fsp3) is 0.500. The molecule has 0 aromatic rings. The number of sulfone groups is 1. The van der Waals surface area contributed by atoms with Crippen molar-refractivity contribution in [3.63, 3.8) is 0 Å². The Morgan fingerprint density at radius 1 is 1.33 bits per heavy atom. The molecule has 0 aliphatic heterocycles. The zero-order chi connectivity index (χ0) is 12.1. The summed E-state index contributed by atoms with van der Waals surface area (Å²) in [4.78, 5) is 22.4. The fourth-order valence-corrected chi connectivity index (χ4v) is 1.29. The Bertz CT molecular complexity index is 370. The maximum absolute atomic E-state index is 11.1. The van der Waals surface area contributed by atoms with Gasteiger partial charge in [0.25, 0.3) is 0 Å². The van der Waals surface area contributed by atoms with Crippen molar-refractivity contribution in [2.75, 3.05) is 25.6 Å². The van der Waals surface area contributed by atoms with Crippen LogP contribution in [-0.4, -0.2) is 55.9 Å². The van der Waals surface area contributed by atoms with Gasteiger partial charge in [-0.15, -0.1) is 0 Å². The second-order valence-corrected chi connectivity index (χ2v) is 5.32. The maximum Gasteiger partial charge on any atom is 0.328 e. The number of carboxylic acid groups (broad SMARTS) is 1. The molecule has 0 heterocycles. The molecule has 1 N–H and O–H groups in total. The third-order valence-corrected chi connectivity index (χ3v) is 2.47. The molecular weight excluding hydrogens is 222 g/mol. The summed E-state index contributed by atoms with van der Waals surface area (Å²) in [6, 6.07) is 0. The summed E-state index contributed by atoms with van der Waals surface area (Å²) in [6.45, 7) is 0.0433. The van der Waals surface area contributed by atoms with Crippen LogP contribution in [0.3, 0.4) is 0 Å². The molecular formula is C8H13NO5S. The first-order chi connectivity index (χ1) is 6.72. The lowest BCUT2D eigenvalue weighted by Gasteiger charge is -2.13. The minimum absolute atomic E-state index is 0.0433. The minimum atomic E-state index is -3.12. The zero-order valence-corrected chi connectivity index (χ0v) is 9.32. The van der Waals surface area contributed by atoms with Gasteiger partial charge in [-0.05, 0) is 0 Å². The Labute approximate surface area is 88.1 Å². The van der Waals surface area contributed by atoms with Crippen LogP contribution in [0, 0.1) is 0 Å². The van der Waals surface area contributed by atoms with E-state index in [4.69, 9.17) is 5.11 Å². The van der Waals surface area contributed by atoms with Crippen LogP contribution in [0.25, 0.3) is 0 Å². The molecule has 6 nitrogen and oxygen atoms in total. The summed E-state index contributed by atoms with van der Waals surface area (Å²) in [6.07, 6.45) is 2.66. The van der Waals surface area contributed by atoms with E-state index in [-0.39, 0.29) is 12.3 Å². The number of hydrogen-bond donors (Lipinski definition) is 1. The molecule has 1 amide bonds. The van der Waals surface area contributed by atoms with Gasteiger partial charge in [-0.25, -0.2) is 13.2 Å². The largest absolute Gasteiger partial charge is 0.478 e. The molecule has 0 aliphatic rings. The zero-order valence-electron chi connectivity index (χ0n) is 8.50. The maximum atomic E-state index is 11.1. The van der Waals surface area contributed by atoms with Crippen molar-refractivity contribution >= 4 is 21.7 Å². The first-order valence-corrected chi connectivity index (χ1v) is 6.12. The minimum Gasteiger partial charge on any atom is -0.478 e. The molecule has 0 fully saturated rings. The summed E-state index contributed by atoms with van der Waals surface area (Å²) in [5.41, 5.74) is 0. The molecule has 0 rings (SSSR count). The van der Waals surface area contributed by atoms with Crippen molar-refractivity contribution < 1.29 is 23.1 Å². The number of likely N-dealkylation sites (N-methyl/N-ethyl adjacent to an activating group) is 1. The lowest BCUT2D eigenvalue weighted by molar-refractivity contribution is -0.132. The highest BCUT2D eigenvalue weighted by Gasteiger charge is 2.09. The van der Waals surface area contributed by atoms with Gasteiger partial charge in [0.1, 0.15) is 9.84 Å². The number of nitrogens with zero attached hydrogens (tertiary/aromatic N) is 1. The van der Waals surface area contributed by atoms with Crippen LogP contribution in [0.15, 0.2) is 12.2 Å². The van der Waals surface area contributed by atoms with Crippen molar-refractivity contribution in [3.8, 4) is 0 Å². The van der Waals surface area contributed by atoms with Crippen molar-refractivity contribution in [1.29, 1.82) is 0 Å². The van der Waals surface area contributed by atoms with Crippen LogP contribution in [0.4, 0.5) is 0 Å². The number of amides is 1. The van der Waals surface area contributed by atoms with Gasteiger partial charge >= 0.3 is 5.97 Å². The highest BCUT2D eigenvalue weighted by Crippen LogP contribution is 1.90. The van der Waals surface area contributed by atoms with E-state index in [1.54, 1.807) is 0 Å². The highest BCUT2D eigenvalue weighted by atomic mass is 32.2. The number of carbonyl (C=O) groups excluding carboxylic acids is 1. The second kappa shape index (κ2) is 5.50. The highest BCUT2D eigenvalue weighted by molar-refractivity contribution is 7.90. The van der Waals surface area contributed by atoms with Gasteiger partial charge < -0.3 is 10.0 Å². The van der Waals surface area contributed by atoms with Crippen LogP contribution in [0.1, 0.15) is 0 Å². The van der Waals surface area contributed by atoms with Crippen LogP contribution in [0.2, 0.25) is 0 Å². The third kappa shape index (κ3) is 7.68. The molecule has 0 atom stereocenters. The second-order valence-electron chi connectivity index (χ2n) is 3.06. The Kier molecular flexibility index (Phi) is 4.99. The molecule has 0 saturated heterocycles. The smallest absolute Gasteiger partial charge is 0.328 e. The van der Waals surface area contributed by atoms with Crippen LogP contribution in [-0.2, 0) is 19.4 Å². The van der Waals surface area contributed by atoms with E-state index >= 15 is 0 Å². The van der Waals surface area contributed by atoms with Gasteiger partial charge in [0, 0.05) is 32.0 Å². The van der Waals surface area contributed by atoms with E-state index in [0.29, 0.717) is 6.08 Å². The molecule has 86 valence electrons. The molecule has 0 aromatic heterocycles. The van der Waals surface area contributed by atoms with Gasteiger partial charge in [0.05, 0.1) is 5.75 Å². The molecule has 0 saturated carbocycles. The number of carboxylic acids is 1. The Balaban J connectivity index is 4.17. The lowest BCUT2D eigenvalue weighted by Crippen LogP contribution is -2.30. The number of hydrogen-bond acceptors (Lipinski definition) is 4. The SMILES string of the molecule is CN(CCS(C)(=O)=O)C(=O)C=CC(=O)O. The van der Waals surface area contributed by atoms with E-state index in [9.17, 15) is 18.0 Å². The molecule has 7 heteroatoms. The summed E-state index contributed by atoms with van der Waals surface area (Å²) in [5, 5.41) is 8.25. The van der Waals surface area contributed by atoms with E-state index in [0.717, 1.165) is 17.2 Å². The van der Waals surface area contributed by atoms with Crippen molar-refractivity contribution in [1.82, 2.24) is 4.90 Å². The van der Waals surface area contributed by atoms with E-state index < -0.39 is 21.7 Å². The summed E-state index contributed by atoms with van der Waals surface area (Å²) < 4.78 is 21.5. The van der Waals surface area contributed by atoms with Crippen LogP contribution >= 0.6 is 0 Å². The van der Waals surface area contributed by atoms with Crippen LogP contribution < -0.4 is 0 Å². The molecule has 0 aromatic carbocycles. The van der Waals surface area contributed by atoms with Crippen LogP contribution in [0.5, 0.6) is 0 Å². The predicted octanol–water partition coefficient (Wildman–Crippen LogP) is -0.870. The molecule has 0 unspecified atom stereocenters. The molecule has 0 aliphatic carbocycles. The topological polar surface area (TPSA) is 91.8 Å². The molecule has 0 bridgehead atoms. The quantitative estimate of drug-likeness (QED) is 0.625. The normalized spacial score (nSPS) is 11.6. The Morgan fingerprint density at radius 3 is 2.27 bits per heavy atom. The monoisotopic (exact) mass is 235 g/mol. The van der Waals surface area contributed by atoms with Gasteiger partial charge in [-0.3, -0.25) is 4.79 Å². The van der Waals surface area contributed by atoms with Crippen molar-refractivity contribution in [2.45, 2.75) is 0 Å². The fourth-order valence-electron chi connectivity index (χ4n) is 0.683. The molecule has 15 heavy (non-hydrogen) atoms. The van der Waals surface area contributed by atoms with Gasteiger partial charge in [0.15, 0.2) is 0 Å².